The summed E-state index contributed by atoms with van der Waals surface area (Å²) in [5.74, 6) is 0.980. The highest BCUT2D eigenvalue weighted by atomic mass is 32.2. The molecule has 0 bridgehead atoms. The van der Waals surface area contributed by atoms with Crippen LogP contribution < -0.4 is 10.0 Å². The van der Waals surface area contributed by atoms with Crippen molar-refractivity contribution in [3.63, 3.8) is 0 Å². The number of nitrogens with zero attached hydrogens (tertiary/aromatic N) is 1. The first-order chi connectivity index (χ1) is 13.9. The van der Waals surface area contributed by atoms with Gasteiger partial charge in [0.1, 0.15) is 5.60 Å². The average molecular weight is 438 g/mol. The van der Waals surface area contributed by atoms with Crippen LogP contribution in [-0.4, -0.2) is 32.3 Å². The zero-order valence-electron chi connectivity index (χ0n) is 18.0. The third-order valence-corrected chi connectivity index (χ3v) is 6.45. The lowest BCUT2D eigenvalue weighted by molar-refractivity contribution is -0.0640. The first-order valence-electron chi connectivity index (χ1n) is 10.2. The lowest BCUT2D eigenvalue weighted by Crippen LogP contribution is -2.38. The highest BCUT2D eigenvalue weighted by molar-refractivity contribution is 7.92. The van der Waals surface area contributed by atoms with Crippen LogP contribution in [0.1, 0.15) is 58.4 Å². The van der Waals surface area contributed by atoms with E-state index in [1.807, 2.05) is 0 Å². The molecule has 1 aromatic carbocycles. The molecule has 1 amide bonds. The van der Waals surface area contributed by atoms with Gasteiger partial charge in [0.2, 0.25) is 15.9 Å². The molecule has 1 fully saturated rings. The lowest BCUT2D eigenvalue weighted by atomic mass is 9.68. The third-order valence-electron chi connectivity index (χ3n) is 5.84. The minimum Gasteiger partial charge on any atom is -0.392 e. The normalized spacial score (nSPS) is 24.1. The van der Waals surface area contributed by atoms with Crippen LogP contribution in [0, 0.1) is 11.3 Å². The van der Waals surface area contributed by atoms with Gasteiger partial charge in [-0.2, -0.15) is 0 Å². The number of alkyl carbamates (subject to hydrolysis) is 1. The number of carbonyl (C=O) groups excluding carboxylic acids is 1. The summed E-state index contributed by atoms with van der Waals surface area (Å²) >= 11 is 0. The molecule has 0 aromatic heterocycles. The van der Waals surface area contributed by atoms with Gasteiger partial charge in [0.25, 0.3) is 0 Å². The summed E-state index contributed by atoms with van der Waals surface area (Å²) in [5.41, 5.74) is 1.24. The molecule has 3 rings (SSSR count). The molecule has 0 atom stereocenters. The molecule has 0 radical (unpaired) electrons. The fraction of sp³-hybridized carbons (Fsp3) is 0.619. The minimum absolute atomic E-state index is 0.254. The number of anilines is 1. The largest absolute Gasteiger partial charge is 0.414 e. The summed E-state index contributed by atoms with van der Waals surface area (Å²) in [5, 5.41) is 6.68. The van der Waals surface area contributed by atoms with Gasteiger partial charge in [-0.3, -0.25) is 4.72 Å². The van der Waals surface area contributed by atoms with Crippen molar-refractivity contribution >= 4 is 27.7 Å². The second-order valence-electron chi connectivity index (χ2n) is 9.39. The van der Waals surface area contributed by atoms with Crippen molar-refractivity contribution < 1.29 is 22.8 Å². The molecule has 30 heavy (non-hydrogen) atoms. The third kappa shape index (κ3) is 6.10. The Balaban J connectivity index is 1.43. The van der Waals surface area contributed by atoms with Crippen LogP contribution in [0.5, 0.6) is 0 Å². The lowest BCUT2D eigenvalue weighted by Gasteiger charge is -2.40. The van der Waals surface area contributed by atoms with E-state index in [0.29, 0.717) is 29.3 Å². The maximum Gasteiger partial charge on any atom is 0.414 e. The highest BCUT2D eigenvalue weighted by Crippen LogP contribution is 2.46. The van der Waals surface area contributed by atoms with Gasteiger partial charge in [0.05, 0.1) is 12.7 Å². The van der Waals surface area contributed by atoms with Crippen molar-refractivity contribution in [3.8, 4) is 0 Å². The summed E-state index contributed by atoms with van der Waals surface area (Å²) in [6.45, 7) is 7.08. The van der Waals surface area contributed by atoms with Crippen LogP contribution in [0.4, 0.5) is 10.5 Å². The standard InChI is InChI=1S/C21H31N3O5S/c1-20(2,3)16-9-11-21(12-10-16)13-18(23-29-21)28-19(25)22-14-15-5-7-17(8-6-15)24-30(4,26)27/h5-8,16,24H,9-14H2,1-4H3,(H,22,25)/t16-,21+. The van der Waals surface area contributed by atoms with Gasteiger partial charge in [-0.15, -0.1) is 0 Å². The van der Waals surface area contributed by atoms with E-state index < -0.39 is 16.1 Å². The van der Waals surface area contributed by atoms with E-state index >= 15 is 0 Å². The number of benzene rings is 1. The van der Waals surface area contributed by atoms with Crippen LogP contribution in [0.3, 0.4) is 0 Å². The molecular weight excluding hydrogens is 406 g/mol. The average Bonchev–Trinajstić information content (AvgIpc) is 3.01. The second kappa shape index (κ2) is 8.45. The maximum absolute atomic E-state index is 12.1. The first-order valence-corrected chi connectivity index (χ1v) is 12.1. The van der Waals surface area contributed by atoms with Gasteiger partial charge in [-0.1, -0.05) is 38.1 Å². The fourth-order valence-corrected chi connectivity index (χ4v) is 4.61. The fourth-order valence-electron chi connectivity index (χ4n) is 4.04. The predicted octanol–water partition coefficient (Wildman–Crippen LogP) is 3.99. The van der Waals surface area contributed by atoms with Gasteiger partial charge < -0.3 is 14.9 Å². The van der Waals surface area contributed by atoms with Crippen LogP contribution in [0.25, 0.3) is 0 Å². The number of carbonyl (C=O) groups is 1. The molecule has 0 saturated heterocycles. The summed E-state index contributed by atoms with van der Waals surface area (Å²) in [7, 11) is -3.32. The van der Waals surface area contributed by atoms with Gasteiger partial charge >= 0.3 is 6.09 Å². The molecule has 2 N–H and O–H groups in total. The molecular formula is C21H31N3O5S. The molecule has 2 aliphatic rings. The van der Waals surface area contributed by atoms with E-state index in [0.717, 1.165) is 37.5 Å². The second-order valence-corrected chi connectivity index (χ2v) is 11.1. The first kappa shape index (κ1) is 22.4. The quantitative estimate of drug-likeness (QED) is 0.741. The molecule has 1 heterocycles. The summed E-state index contributed by atoms with van der Waals surface area (Å²) in [4.78, 5) is 17.8. The van der Waals surface area contributed by atoms with Crippen molar-refractivity contribution in [2.75, 3.05) is 11.0 Å². The van der Waals surface area contributed by atoms with Crippen LogP contribution in [-0.2, 0) is 26.1 Å². The van der Waals surface area contributed by atoms with E-state index in [2.05, 4.69) is 36.0 Å². The Kier molecular flexibility index (Phi) is 6.31. The number of oxime groups is 1. The number of amides is 1. The van der Waals surface area contributed by atoms with E-state index in [-0.39, 0.29) is 12.1 Å². The Labute approximate surface area is 178 Å². The highest BCUT2D eigenvalue weighted by Gasteiger charge is 2.45. The zero-order valence-corrected chi connectivity index (χ0v) is 18.8. The van der Waals surface area contributed by atoms with E-state index in [1.165, 1.54) is 0 Å². The monoisotopic (exact) mass is 437 g/mol. The molecule has 1 saturated carbocycles. The topological polar surface area (TPSA) is 106 Å². The van der Waals surface area contributed by atoms with Gasteiger partial charge in [0.15, 0.2) is 0 Å². The molecule has 8 nitrogen and oxygen atoms in total. The predicted molar refractivity (Wildman–Crippen MR) is 116 cm³/mol. The molecule has 0 unspecified atom stereocenters. The Hall–Kier alpha value is -2.29. The van der Waals surface area contributed by atoms with Crippen molar-refractivity contribution in [2.24, 2.45) is 16.5 Å². The molecule has 1 aliphatic heterocycles. The SMILES string of the molecule is CC(C)(C)[C@H]1CC[C@@]2(CC1)CC(OC(=O)NCc1ccc(NS(C)(=O)=O)cc1)=NO2. The van der Waals surface area contributed by atoms with Crippen molar-refractivity contribution in [2.45, 2.75) is 65.0 Å². The van der Waals surface area contributed by atoms with Crippen molar-refractivity contribution in [1.82, 2.24) is 5.32 Å². The van der Waals surface area contributed by atoms with Crippen LogP contribution in [0.15, 0.2) is 29.4 Å². The summed E-state index contributed by atoms with van der Waals surface area (Å²) in [6, 6.07) is 6.73. The van der Waals surface area contributed by atoms with Crippen molar-refractivity contribution in [1.29, 1.82) is 0 Å². The molecule has 1 aromatic rings. The van der Waals surface area contributed by atoms with Gasteiger partial charge in [-0.25, -0.2) is 13.2 Å². The number of hydrogen-bond acceptors (Lipinski definition) is 6. The van der Waals surface area contributed by atoms with E-state index in [9.17, 15) is 13.2 Å². The van der Waals surface area contributed by atoms with Gasteiger partial charge in [0, 0.05) is 12.2 Å². The number of ether oxygens (including phenoxy) is 1. The smallest absolute Gasteiger partial charge is 0.392 e. The van der Waals surface area contributed by atoms with Crippen LogP contribution >= 0.6 is 0 Å². The number of nitrogens with one attached hydrogen (secondary N) is 2. The molecule has 1 spiro atoms. The number of hydrogen-bond donors (Lipinski definition) is 2. The Bertz CT molecular complexity index is 896. The summed E-state index contributed by atoms with van der Waals surface area (Å²) < 4.78 is 30.2. The number of sulfonamides is 1. The van der Waals surface area contributed by atoms with Crippen molar-refractivity contribution in [3.05, 3.63) is 29.8 Å². The Morgan fingerprint density at radius 2 is 1.87 bits per heavy atom. The molecule has 1 aliphatic carbocycles. The minimum atomic E-state index is -3.32. The molecule has 166 valence electrons. The Morgan fingerprint density at radius 3 is 2.43 bits per heavy atom. The van der Waals surface area contributed by atoms with Gasteiger partial charge in [-0.05, 0) is 54.7 Å². The van der Waals surface area contributed by atoms with Crippen LogP contribution in [0.2, 0.25) is 0 Å². The zero-order chi connectivity index (χ0) is 22.0. The summed E-state index contributed by atoms with van der Waals surface area (Å²) in [6.07, 6.45) is 5.03. The maximum atomic E-state index is 12.1. The van der Waals surface area contributed by atoms with E-state index in [4.69, 9.17) is 9.57 Å². The Morgan fingerprint density at radius 1 is 1.23 bits per heavy atom. The molecule has 9 heteroatoms. The number of rotatable bonds is 4. The van der Waals surface area contributed by atoms with E-state index in [1.54, 1.807) is 24.3 Å².